The van der Waals surface area contributed by atoms with Gasteiger partial charge in [0.15, 0.2) is 0 Å². The lowest BCUT2D eigenvalue weighted by molar-refractivity contribution is -0.175. The average Bonchev–Trinajstić information content (AvgIpc) is 3.51. The summed E-state index contributed by atoms with van der Waals surface area (Å²) >= 11 is 0. The molecular weight excluding hydrogens is 549 g/mol. The second-order valence-corrected chi connectivity index (χ2v) is 10.9. The number of likely N-dealkylation sites (N-methyl/N-ethyl adjacent to an activating group) is 1. The number of benzene rings is 2. The van der Waals surface area contributed by atoms with Gasteiger partial charge in [0.25, 0.3) is 11.5 Å². The van der Waals surface area contributed by atoms with Gasteiger partial charge >= 0.3 is 0 Å². The second kappa shape index (κ2) is 13.3. The number of carbonyl (C=O) groups excluding carboxylic acids is 1. The number of rotatable bonds is 10. The number of nitriles is 1. The molecule has 1 fully saturated rings. The van der Waals surface area contributed by atoms with Crippen LogP contribution in [-0.2, 0) is 27.2 Å². The number of aromatic nitrogens is 3. The van der Waals surface area contributed by atoms with Crippen LogP contribution in [0.25, 0.3) is 16.8 Å². The van der Waals surface area contributed by atoms with E-state index >= 15 is 4.39 Å². The molecule has 2 aromatic carbocycles. The molecule has 1 amide bonds. The molecule has 0 spiro atoms. The van der Waals surface area contributed by atoms with Gasteiger partial charge < -0.3 is 4.74 Å². The molecule has 0 saturated heterocycles. The molecule has 0 radical (unpaired) electrons. The number of hydroxylamine groups is 2. The van der Waals surface area contributed by atoms with E-state index in [0.29, 0.717) is 59.9 Å². The maximum Gasteiger partial charge on any atom is 0.271 e. The number of aryl methyl sites for hydroxylation is 1. The predicted molar refractivity (Wildman–Crippen MR) is 160 cm³/mol. The Bertz CT molecular complexity index is 1710. The molecule has 0 unspecified atom stereocenters. The quantitative estimate of drug-likeness (QED) is 0.236. The summed E-state index contributed by atoms with van der Waals surface area (Å²) in [4.78, 5) is 31.2. The zero-order valence-electron chi connectivity index (χ0n) is 24.8. The van der Waals surface area contributed by atoms with Gasteiger partial charge in [-0.25, -0.2) is 14.0 Å². The van der Waals surface area contributed by atoms with Crippen molar-refractivity contribution in [2.75, 3.05) is 20.8 Å². The highest BCUT2D eigenvalue weighted by Gasteiger charge is 2.28. The highest BCUT2D eigenvalue weighted by molar-refractivity contribution is 5.76. The fourth-order valence-corrected chi connectivity index (χ4v) is 5.94. The summed E-state index contributed by atoms with van der Waals surface area (Å²) < 4.78 is 25.1. The number of ether oxygens (including phenoxy) is 1. The maximum absolute atomic E-state index is 15.6. The number of halogens is 1. The molecule has 5 rings (SSSR count). The van der Waals surface area contributed by atoms with Crippen molar-refractivity contribution < 1.29 is 18.8 Å². The van der Waals surface area contributed by atoms with Crippen molar-refractivity contribution in [1.82, 2.24) is 19.2 Å². The van der Waals surface area contributed by atoms with Crippen LogP contribution in [0.5, 0.6) is 0 Å². The molecule has 2 heterocycles. The summed E-state index contributed by atoms with van der Waals surface area (Å²) in [6.45, 7) is 1.98. The van der Waals surface area contributed by atoms with Crippen molar-refractivity contribution in [3.8, 4) is 17.2 Å². The first-order chi connectivity index (χ1) is 20.9. The Balaban J connectivity index is 1.44. The molecule has 1 saturated carbocycles. The van der Waals surface area contributed by atoms with Gasteiger partial charge in [-0.3, -0.25) is 19.0 Å². The lowest BCUT2D eigenvalue weighted by Gasteiger charge is -2.31. The molecule has 4 aromatic rings. The third kappa shape index (κ3) is 6.24. The molecular formula is C33H36FN5O4. The van der Waals surface area contributed by atoms with Gasteiger partial charge in [-0.2, -0.15) is 10.4 Å². The lowest BCUT2D eigenvalue weighted by Crippen LogP contribution is -2.36. The van der Waals surface area contributed by atoms with Crippen LogP contribution in [0.4, 0.5) is 4.39 Å². The smallest absolute Gasteiger partial charge is 0.271 e. The van der Waals surface area contributed by atoms with Crippen molar-refractivity contribution in [1.29, 1.82) is 5.26 Å². The minimum absolute atomic E-state index is 0.0607. The summed E-state index contributed by atoms with van der Waals surface area (Å²) in [5.74, 6) is -0.682. The topological polar surface area (TPSA) is 102 Å². The summed E-state index contributed by atoms with van der Waals surface area (Å²) in [7, 11) is 2.97. The fourth-order valence-electron chi connectivity index (χ4n) is 5.94. The summed E-state index contributed by atoms with van der Waals surface area (Å²) in [6, 6.07) is 16.0. The van der Waals surface area contributed by atoms with Crippen LogP contribution in [0.2, 0.25) is 0 Å². The number of hydrogen-bond donors (Lipinski definition) is 0. The van der Waals surface area contributed by atoms with Gasteiger partial charge in [0.05, 0.1) is 36.7 Å². The van der Waals surface area contributed by atoms with Crippen LogP contribution in [0.3, 0.4) is 0 Å². The first-order valence-corrected chi connectivity index (χ1v) is 14.7. The van der Waals surface area contributed by atoms with Gasteiger partial charge in [-0.15, -0.1) is 0 Å². The van der Waals surface area contributed by atoms with Crippen molar-refractivity contribution in [3.05, 3.63) is 93.3 Å². The first-order valence-electron chi connectivity index (χ1n) is 14.7. The van der Waals surface area contributed by atoms with Crippen LogP contribution in [0, 0.1) is 17.1 Å². The Kier molecular flexibility index (Phi) is 9.34. The Morgan fingerprint density at radius 3 is 2.63 bits per heavy atom. The van der Waals surface area contributed by atoms with Crippen LogP contribution in [-0.4, -0.2) is 52.0 Å². The normalized spacial score (nSPS) is 16.7. The number of hydrogen-bond acceptors (Lipinski definition) is 6. The lowest BCUT2D eigenvalue weighted by atomic mass is 9.92. The molecule has 224 valence electrons. The highest BCUT2D eigenvalue weighted by atomic mass is 19.1. The van der Waals surface area contributed by atoms with E-state index in [-0.39, 0.29) is 36.6 Å². The van der Waals surface area contributed by atoms with Crippen molar-refractivity contribution in [2.45, 2.75) is 64.0 Å². The molecule has 1 aliphatic carbocycles. The van der Waals surface area contributed by atoms with E-state index in [1.807, 2.05) is 28.1 Å². The molecule has 2 aromatic heterocycles. The predicted octanol–water partition coefficient (Wildman–Crippen LogP) is 5.24. The third-order valence-corrected chi connectivity index (χ3v) is 8.29. The Labute approximate surface area is 250 Å². The van der Waals surface area contributed by atoms with Gasteiger partial charge in [0.2, 0.25) is 0 Å². The standard InChI is InChI=1S/C33H36FN5O4/c1-4-7-30-28(18-23-11-10-22(19-29(23)34)27-9-6-5-8-24(27)20-35)33(41)38(31-16-17-36-39(30)31)25-12-14-26(15-13-25)43-21-32(40)37(2)42-3/h5-6,8-11,16-17,19,25-26H,4,7,12-15,18,21H2,1-3H3. The average molecular weight is 586 g/mol. The van der Waals surface area contributed by atoms with Gasteiger partial charge in [-0.05, 0) is 60.9 Å². The molecule has 0 bridgehead atoms. The summed E-state index contributed by atoms with van der Waals surface area (Å²) in [5, 5.41) is 15.2. The Hall–Kier alpha value is -4.33. The number of nitrogens with zero attached hydrogens (tertiary/aromatic N) is 5. The Morgan fingerprint density at radius 2 is 1.93 bits per heavy atom. The molecule has 9 nitrogen and oxygen atoms in total. The van der Waals surface area contributed by atoms with Gasteiger partial charge in [0, 0.05) is 31.1 Å². The number of fused-ring (bicyclic) bond motifs is 1. The van der Waals surface area contributed by atoms with Gasteiger partial charge in [0.1, 0.15) is 18.1 Å². The molecule has 43 heavy (non-hydrogen) atoms. The summed E-state index contributed by atoms with van der Waals surface area (Å²) in [6.07, 6.45) is 5.98. The van der Waals surface area contributed by atoms with Crippen molar-refractivity contribution >= 4 is 11.6 Å². The van der Waals surface area contributed by atoms with E-state index < -0.39 is 5.82 Å². The molecule has 10 heteroatoms. The number of carbonyl (C=O) groups is 1. The van der Waals surface area contributed by atoms with E-state index in [1.54, 1.807) is 43.6 Å². The SMILES string of the molecule is CCCc1c(Cc2ccc(-c3ccccc3C#N)cc2F)c(=O)n(C2CCC(OCC(=O)N(C)OC)CC2)c2ccnn12. The van der Waals surface area contributed by atoms with E-state index in [2.05, 4.69) is 11.2 Å². The van der Waals surface area contributed by atoms with E-state index in [0.717, 1.165) is 22.8 Å². The Morgan fingerprint density at radius 1 is 1.16 bits per heavy atom. The zero-order chi connectivity index (χ0) is 30.5. The van der Waals surface area contributed by atoms with Crippen LogP contribution < -0.4 is 5.56 Å². The van der Waals surface area contributed by atoms with Crippen LogP contribution in [0.15, 0.2) is 59.5 Å². The minimum atomic E-state index is -0.425. The van der Waals surface area contributed by atoms with Crippen LogP contribution >= 0.6 is 0 Å². The van der Waals surface area contributed by atoms with Crippen molar-refractivity contribution in [3.63, 3.8) is 0 Å². The highest BCUT2D eigenvalue weighted by Crippen LogP contribution is 2.32. The molecule has 0 N–H and O–H groups in total. The number of amides is 1. The fraction of sp³-hybridized carbons (Fsp3) is 0.394. The molecule has 1 aliphatic rings. The molecule has 0 atom stereocenters. The largest absolute Gasteiger partial charge is 0.368 e. The monoisotopic (exact) mass is 585 g/mol. The van der Waals surface area contributed by atoms with E-state index in [1.165, 1.54) is 13.2 Å². The van der Waals surface area contributed by atoms with E-state index in [9.17, 15) is 14.9 Å². The zero-order valence-corrected chi connectivity index (χ0v) is 24.8. The third-order valence-electron chi connectivity index (χ3n) is 8.29. The summed E-state index contributed by atoms with van der Waals surface area (Å²) in [5.41, 5.74) is 4.08. The van der Waals surface area contributed by atoms with Gasteiger partial charge in [-0.1, -0.05) is 43.7 Å². The van der Waals surface area contributed by atoms with Crippen molar-refractivity contribution in [2.24, 2.45) is 0 Å². The maximum atomic E-state index is 15.6. The van der Waals surface area contributed by atoms with Crippen LogP contribution in [0.1, 0.15) is 67.5 Å². The van der Waals surface area contributed by atoms with E-state index in [4.69, 9.17) is 9.57 Å². The first kappa shape index (κ1) is 30.1. The minimum Gasteiger partial charge on any atom is -0.368 e. The second-order valence-electron chi connectivity index (χ2n) is 10.9. The molecule has 0 aliphatic heterocycles.